The molecule has 0 saturated heterocycles. The number of hydrogen-bond donors (Lipinski definition) is 0. The molecule has 1 aromatic carbocycles. The maximum absolute atomic E-state index is 12.3. The maximum atomic E-state index is 12.3. The van der Waals surface area contributed by atoms with E-state index in [1.54, 1.807) is 42.7 Å². The molecular weight excluding hydrogens is 242 g/mol. The lowest BCUT2D eigenvalue weighted by molar-refractivity contribution is 0.103. The summed E-state index contributed by atoms with van der Waals surface area (Å²) in [5.41, 5.74) is 1.21. The molecule has 2 aromatic rings. The third-order valence-corrected chi connectivity index (χ3v) is 2.95. The molecule has 0 saturated carbocycles. The number of ketones is 1. The lowest BCUT2D eigenvalue weighted by atomic mass is 10.0. The van der Waals surface area contributed by atoms with Crippen molar-refractivity contribution < 1.29 is 14.3 Å². The first-order valence-electron chi connectivity index (χ1n) is 6.19. The van der Waals surface area contributed by atoms with Crippen molar-refractivity contribution in [2.45, 2.75) is 6.42 Å². The van der Waals surface area contributed by atoms with E-state index in [4.69, 9.17) is 9.47 Å². The predicted molar refractivity (Wildman–Crippen MR) is 69.7 cm³/mol. The minimum absolute atomic E-state index is 0.0435. The van der Waals surface area contributed by atoms with Crippen molar-refractivity contribution in [2.24, 2.45) is 0 Å². The molecule has 0 amide bonds. The lowest BCUT2D eigenvalue weighted by Gasteiger charge is -2.08. The highest BCUT2D eigenvalue weighted by molar-refractivity contribution is 6.09. The van der Waals surface area contributed by atoms with Gasteiger partial charge in [-0.25, -0.2) is 0 Å². The molecule has 0 aliphatic carbocycles. The van der Waals surface area contributed by atoms with Gasteiger partial charge in [-0.15, -0.1) is 0 Å². The van der Waals surface area contributed by atoms with Gasteiger partial charge in [0.2, 0.25) is 0 Å². The molecule has 4 nitrogen and oxygen atoms in total. The van der Waals surface area contributed by atoms with Crippen molar-refractivity contribution in [1.82, 2.24) is 4.98 Å². The fraction of sp³-hybridized carbons (Fsp3) is 0.200. The molecule has 0 N–H and O–H groups in total. The number of pyridine rings is 1. The highest BCUT2D eigenvalue weighted by atomic mass is 16.5. The third-order valence-electron chi connectivity index (χ3n) is 2.95. The van der Waals surface area contributed by atoms with E-state index in [1.807, 2.05) is 0 Å². The van der Waals surface area contributed by atoms with E-state index in [0.29, 0.717) is 35.8 Å². The number of nitrogens with zero attached hydrogens (tertiary/aromatic N) is 1. The topological polar surface area (TPSA) is 48.4 Å². The molecule has 0 radical (unpaired) electrons. The lowest BCUT2D eigenvalue weighted by Crippen LogP contribution is -2.02. The predicted octanol–water partition coefficient (Wildman–Crippen LogP) is 2.47. The normalized spacial score (nSPS) is 13.7. The average molecular weight is 255 g/mol. The number of ether oxygens (including phenoxy) is 2. The molecule has 2 heterocycles. The highest BCUT2D eigenvalue weighted by Gasteiger charge is 2.15. The summed E-state index contributed by atoms with van der Waals surface area (Å²) < 4.78 is 11.1. The Balaban J connectivity index is 1.94. The maximum Gasteiger partial charge on any atom is 0.193 e. The third kappa shape index (κ3) is 2.42. The van der Waals surface area contributed by atoms with E-state index < -0.39 is 0 Å². The van der Waals surface area contributed by atoms with Gasteiger partial charge in [0, 0.05) is 29.9 Å². The summed E-state index contributed by atoms with van der Waals surface area (Å²) in [4.78, 5) is 16.2. The second-order valence-electron chi connectivity index (χ2n) is 4.28. The van der Waals surface area contributed by atoms with Gasteiger partial charge in [-0.1, -0.05) is 0 Å². The second kappa shape index (κ2) is 5.10. The minimum atomic E-state index is -0.0435. The van der Waals surface area contributed by atoms with Gasteiger partial charge in [-0.2, -0.15) is 0 Å². The van der Waals surface area contributed by atoms with Crippen molar-refractivity contribution in [3.8, 4) is 11.5 Å². The molecule has 96 valence electrons. The van der Waals surface area contributed by atoms with Gasteiger partial charge in [-0.05, 0) is 30.3 Å². The number of carbonyl (C=O) groups is 1. The fourth-order valence-electron chi connectivity index (χ4n) is 1.97. The SMILES string of the molecule is O=C(c1ccncc1)c1ccc2c(c1)OCCCO2. The minimum Gasteiger partial charge on any atom is -0.490 e. The molecule has 0 spiro atoms. The van der Waals surface area contributed by atoms with Crippen molar-refractivity contribution in [1.29, 1.82) is 0 Å². The molecule has 1 aromatic heterocycles. The van der Waals surface area contributed by atoms with Gasteiger partial charge in [0.15, 0.2) is 17.3 Å². The van der Waals surface area contributed by atoms with Crippen LogP contribution in [0, 0.1) is 0 Å². The zero-order valence-corrected chi connectivity index (χ0v) is 10.3. The van der Waals surface area contributed by atoms with Crippen LogP contribution < -0.4 is 9.47 Å². The first kappa shape index (κ1) is 11.7. The van der Waals surface area contributed by atoms with E-state index in [0.717, 1.165) is 6.42 Å². The van der Waals surface area contributed by atoms with Crippen LogP contribution in [0.2, 0.25) is 0 Å². The van der Waals surface area contributed by atoms with E-state index in [1.165, 1.54) is 0 Å². The molecule has 0 fully saturated rings. The molecule has 0 unspecified atom stereocenters. The summed E-state index contributed by atoms with van der Waals surface area (Å²) in [6, 6.07) is 8.69. The van der Waals surface area contributed by atoms with Crippen LogP contribution in [0.25, 0.3) is 0 Å². The van der Waals surface area contributed by atoms with Crippen molar-refractivity contribution >= 4 is 5.78 Å². The monoisotopic (exact) mass is 255 g/mol. The molecule has 4 heteroatoms. The zero-order valence-electron chi connectivity index (χ0n) is 10.3. The Labute approximate surface area is 111 Å². The van der Waals surface area contributed by atoms with Crippen LogP contribution in [0.1, 0.15) is 22.3 Å². The van der Waals surface area contributed by atoms with Crippen LogP contribution in [-0.4, -0.2) is 24.0 Å². The molecule has 0 atom stereocenters. The standard InChI is InChI=1S/C15H13NO3/c17-15(11-4-6-16-7-5-11)12-2-3-13-14(10-12)19-9-1-8-18-13/h2-7,10H,1,8-9H2. The molecule has 3 rings (SSSR count). The number of benzene rings is 1. The number of rotatable bonds is 2. The number of fused-ring (bicyclic) bond motifs is 1. The van der Waals surface area contributed by atoms with Crippen LogP contribution in [0.5, 0.6) is 11.5 Å². The summed E-state index contributed by atoms with van der Waals surface area (Å²) in [5.74, 6) is 1.29. The number of hydrogen-bond acceptors (Lipinski definition) is 4. The molecule has 19 heavy (non-hydrogen) atoms. The van der Waals surface area contributed by atoms with Crippen molar-refractivity contribution in [2.75, 3.05) is 13.2 Å². The Hall–Kier alpha value is -2.36. The van der Waals surface area contributed by atoms with Gasteiger partial charge >= 0.3 is 0 Å². The fourth-order valence-corrected chi connectivity index (χ4v) is 1.97. The highest BCUT2D eigenvalue weighted by Crippen LogP contribution is 2.31. The average Bonchev–Trinajstić information content (AvgIpc) is 2.72. The van der Waals surface area contributed by atoms with Crippen molar-refractivity contribution in [3.63, 3.8) is 0 Å². The summed E-state index contributed by atoms with van der Waals surface area (Å²) in [5, 5.41) is 0. The van der Waals surface area contributed by atoms with E-state index in [-0.39, 0.29) is 5.78 Å². The van der Waals surface area contributed by atoms with Crippen molar-refractivity contribution in [3.05, 3.63) is 53.9 Å². The summed E-state index contributed by atoms with van der Waals surface area (Å²) in [7, 11) is 0. The Morgan fingerprint density at radius 1 is 0.947 bits per heavy atom. The first-order chi connectivity index (χ1) is 9.34. The summed E-state index contributed by atoms with van der Waals surface area (Å²) >= 11 is 0. The van der Waals surface area contributed by atoms with E-state index in [2.05, 4.69) is 4.98 Å². The van der Waals surface area contributed by atoms with Gasteiger partial charge < -0.3 is 9.47 Å². The summed E-state index contributed by atoms with van der Waals surface area (Å²) in [6.07, 6.45) is 4.06. The van der Waals surface area contributed by atoms with Gasteiger partial charge in [0.1, 0.15) is 0 Å². The summed E-state index contributed by atoms with van der Waals surface area (Å²) in [6.45, 7) is 1.25. The largest absolute Gasteiger partial charge is 0.490 e. The molecule has 1 aliphatic heterocycles. The zero-order chi connectivity index (χ0) is 13.1. The second-order valence-corrected chi connectivity index (χ2v) is 4.28. The first-order valence-corrected chi connectivity index (χ1v) is 6.19. The Morgan fingerprint density at radius 3 is 2.47 bits per heavy atom. The van der Waals surface area contributed by atoms with Gasteiger partial charge in [0.05, 0.1) is 13.2 Å². The van der Waals surface area contributed by atoms with Gasteiger partial charge in [-0.3, -0.25) is 9.78 Å². The van der Waals surface area contributed by atoms with Crippen LogP contribution in [0.4, 0.5) is 0 Å². The van der Waals surface area contributed by atoms with Crippen LogP contribution in [0.3, 0.4) is 0 Å². The number of carbonyl (C=O) groups excluding carboxylic acids is 1. The quantitative estimate of drug-likeness (QED) is 0.773. The Bertz CT molecular complexity index is 596. The Kier molecular flexibility index (Phi) is 3.14. The smallest absolute Gasteiger partial charge is 0.193 e. The number of aromatic nitrogens is 1. The van der Waals surface area contributed by atoms with Crippen LogP contribution >= 0.6 is 0 Å². The molecular formula is C15H13NO3. The van der Waals surface area contributed by atoms with E-state index in [9.17, 15) is 4.79 Å². The Morgan fingerprint density at radius 2 is 1.68 bits per heavy atom. The van der Waals surface area contributed by atoms with Crippen LogP contribution in [0.15, 0.2) is 42.7 Å². The molecule has 0 bridgehead atoms. The van der Waals surface area contributed by atoms with Crippen LogP contribution in [-0.2, 0) is 0 Å². The molecule has 1 aliphatic rings. The van der Waals surface area contributed by atoms with E-state index >= 15 is 0 Å². The van der Waals surface area contributed by atoms with Gasteiger partial charge in [0.25, 0.3) is 0 Å².